The highest BCUT2D eigenvalue weighted by atomic mass is 79.9. The number of nitrogens with one attached hydrogen (secondary N) is 1. The van der Waals surface area contributed by atoms with Crippen LogP contribution in [0.15, 0.2) is 41.0 Å². The molecule has 1 heterocycles. The SMILES string of the molecule is CCCNc1nccc(OCc2cccc(Br)c2)n1. The first-order valence-corrected chi connectivity index (χ1v) is 7.01. The number of ether oxygens (including phenoxy) is 1. The first-order valence-electron chi connectivity index (χ1n) is 6.22. The topological polar surface area (TPSA) is 47.0 Å². The molecule has 5 heteroatoms. The summed E-state index contributed by atoms with van der Waals surface area (Å²) in [5.41, 5.74) is 1.09. The van der Waals surface area contributed by atoms with Crippen molar-refractivity contribution in [1.82, 2.24) is 9.97 Å². The van der Waals surface area contributed by atoms with Gasteiger partial charge in [0.05, 0.1) is 0 Å². The van der Waals surface area contributed by atoms with Gasteiger partial charge in [0.2, 0.25) is 11.8 Å². The standard InChI is InChI=1S/C14H16BrN3O/c1-2-7-16-14-17-8-6-13(18-14)19-10-11-4-3-5-12(15)9-11/h3-6,8-9H,2,7,10H2,1H3,(H,16,17,18). The van der Waals surface area contributed by atoms with Crippen molar-refractivity contribution in [2.24, 2.45) is 0 Å². The molecule has 2 rings (SSSR count). The Bertz CT molecular complexity index is 534. The molecule has 100 valence electrons. The van der Waals surface area contributed by atoms with Crippen molar-refractivity contribution in [1.29, 1.82) is 0 Å². The lowest BCUT2D eigenvalue weighted by molar-refractivity contribution is 0.293. The van der Waals surface area contributed by atoms with Gasteiger partial charge in [0.1, 0.15) is 6.61 Å². The summed E-state index contributed by atoms with van der Waals surface area (Å²) >= 11 is 3.44. The van der Waals surface area contributed by atoms with E-state index in [0.717, 1.165) is 23.0 Å². The predicted octanol–water partition coefficient (Wildman–Crippen LogP) is 3.64. The van der Waals surface area contributed by atoms with Gasteiger partial charge >= 0.3 is 0 Å². The van der Waals surface area contributed by atoms with Gasteiger partial charge < -0.3 is 10.1 Å². The molecule has 4 nitrogen and oxygen atoms in total. The zero-order chi connectivity index (χ0) is 13.5. The van der Waals surface area contributed by atoms with Gasteiger partial charge in [0.25, 0.3) is 0 Å². The Morgan fingerprint density at radius 3 is 3.00 bits per heavy atom. The molecule has 0 atom stereocenters. The monoisotopic (exact) mass is 321 g/mol. The molecule has 0 aliphatic rings. The molecule has 0 saturated heterocycles. The van der Waals surface area contributed by atoms with Crippen LogP contribution in [0.3, 0.4) is 0 Å². The number of halogens is 1. The third-order valence-corrected chi connectivity index (χ3v) is 2.93. The normalized spacial score (nSPS) is 10.2. The van der Waals surface area contributed by atoms with Crippen LogP contribution in [0.25, 0.3) is 0 Å². The molecule has 1 aromatic heterocycles. The fraction of sp³-hybridized carbons (Fsp3) is 0.286. The molecule has 1 N–H and O–H groups in total. The van der Waals surface area contributed by atoms with Crippen LogP contribution < -0.4 is 10.1 Å². The molecule has 0 radical (unpaired) electrons. The lowest BCUT2D eigenvalue weighted by Gasteiger charge is -2.07. The van der Waals surface area contributed by atoms with E-state index in [-0.39, 0.29) is 0 Å². The summed E-state index contributed by atoms with van der Waals surface area (Å²) in [6.45, 7) is 3.44. The van der Waals surface area contributed by atoms with E-state index in [1.807, 2.05) is 24.3 Å². The molecule has 0 spiro atoms. The highest BCUT2D eigenvalue weighted by Crippen LogP contribution is 2.14. The maximum atomic E-state index is 5.66. The lowest BCUT2D eigenvalue weighted by Crippen LogP contribution is -2.05. The Morgan fingerprint density at radius 2 is 2.21 bits per heavy atom. The van der Waals surface area contributed by atoms with Crippen LogP contribution in [0.2, 0.25) is 0 Å². The number of hydrogen-bond donors (Lipinski definition) is 1. The minimum Gasteiger partial charge on any atom is -0.473 e. The second-order valence-electron chi connectivity index (χ2n) is 4.06. The molecule has 0 fully saturated rings. The number of aromatic nitrogens is 2. The highest BCUT2D eigenvalue weighted by molar-refractivity contribution is 9.10. The summed E-state index contributed by atoms with van der Waals surface area (Å²) in [6.07, 6.45) is 2.73. The van der Waals surface area contributed by atoms with Crippen LogP contribution in [0, 0.1) is 0 Å². The fourth-order valence-electron chi connectivity index (χ4n) is 1.53. The van der Waals surface area contributed by atoms with E-state index in [4.69, 9.17) is 4.74 Å². The van der Waals surface area contributed by atoms with E-state index in [1.54, 1.807) is 12.3 Å². The van der Waals surface area contributed by atoms with Crippen LogP contribution in [-0.4, -0.2) is 16.5 Å². The summed E-state index contributed by atoms with van der Waals surface area (Å²) in [6, 6.07) is 9.77. The minimum atomic E-state index is 0.490. The Labute approximate surface area is 121 Å². The van der Waals surface area contributed by atoms with E-state index in [0.29, 0.717) is 18.4 Å². The Balaban J connectivity index is 1.95. The second kappa shape index (κ2) is 7.09. The second-order valence-corrected chi connectivity index (χ2v) is 4.98. The summed E-state index contributed by atoms with van der Waals surface area (Å²) in [7, 11) is 0. The zero-order valence-corrected chi connectivity index (χ0v) is 12.4. The molecule has 2 aromatic rings. The Hall–Kier alpha value is -1.62. The maximum absolute atomic E-state index is 5.66. The smallest absolute Gasteiger partial charge is 0.225 e. The largest absolute Gasteiger partial charge is 0.473 e. The van der Waals surface area contributed by atoms with Crippen LogP contribution in [0.1, 0.15) is 18.9 Å². The lowest BCUT2D eigenvalue weighted by atomic mass is 10.2. The highest BCUT2D eigenvalue weighted by Gasteiger charge is 2.00. The molecule has 0 unspecified atom stereocenters. The first kappa shape index (κ1) is 13.8. The third-order valence-electron chi connectivity index (χ3n) is 2.44. The number of nitrogens with zero attached hydrogens (tertiary/aromatic N) is 2. The summed E-state index contributed by atoms with van der Waals surface area (Å²) in [5, 5.41) is 3.13. The number of rotatable bonds is 6. The van der Waals surface area contributed by atoms with Gasteiger partial charge in [-0.05, 0) is 24.1 Å². The quantitative estimate of drug-likeness (QED) is 0.882. The van der Waals surface area contributed by atoms with Gasteiger partial charge in [0, 0.05) is 23.3 Å². The van der Waals surface area contributed by atoms with Crippen molar-refractivity contribution in [3.8, 4) is 5.88 Å². The van der Waals surface area contributed by atoms with E-state index in [1.165, 1.54) is 0 Å². The molecule has 1 aromatic carbocycles. The summed E-state index contributed by atoms with van der Waals surface area (Å²) in [5.74, 6) is 1.18. The molecule has 0 saturated carbocycles. The summed E-state index contributed by atoms with van der Waals surface area (Å²) < 4.78 is 6.70. The minimum absolute atomic E-state index is 0.490. The summed E-state index contributed by atoms with van der Waals surface area (Å²) in [4.78, 5) is 8.43. The molecule has 0 aliphatic heterocycles. The van der Waals surface area contributed by atoms with E-state index in [2.05, 4.69) is 38.1 Å². The average Bonchev–Trinajstić information content (AvgIpc) is 2.43. The van der Waals surface area contributed by atoms with E-state index in [9.17, 15) is 0 Å². The van der Waals surface area contributed by atoms with Crippen LogP contribution in [-0.2, 0) is 6.61 Å². The van der Waals surface area contributed by atoms with Gasteiger partial charge in [-0.3, -0.25) is 0 Å². The molecule has 19 heavy (non-hydrogen) atoms. The van der Waals surface area contributed by atoms with Crippen molar-refractivity contribution in [2.45, 2.75) is 20.0 Å². The molecular formula is C14H16BrN3O. The molecule has 0 aliphatic carbocycles. The third kappa shape index (κ3) is 4.52. The molecule has 0 amide bonds. The van der Waals surface area contributed by atoms with Crippen molar-refractivity contribution in [3.05, 3.63) is 46.6 Å². The van der Waals surface area contributed by atoms with Gasteiger partial charge in [-0.2, -0.15) is 4.98 Å². The Morgan fingerprint density at radius 1 is 1.32 bits per heavy atom. The van der Waals surface area contributed by atoms with Crippen LogP contribution >= 0.6 is 15.9 Å². The van der Waals surface area contributed by atoms with Gasteiger partial charge in [-0.25, -0.2) is 4.98 Å². The van der Waals surface area contributed by atoms with Gasteiger partial charge in [-0.1, -0.05) is 35.0 Å². The molecule has 0 bridgehead atoms. The van der Waals surface area contributed by atoms with E-state index < -0.39 is 0 Å². The first-order chi connectivity index (χ1) is 9.28. The predicted molar refractivity (Wildman–Crippen MR) is 79.3 cm³/mol. The van der Waals surface area contributed by atoms with Crippen LogP contribution in [0.5, 0.6) is 5.88 Å². The number of benzene rings is 1. The fourth-order valence-corrected chi connectivity index (χ4v) is 1.98. The number of hydrogen-bond acceptors (Lipinski definition) is 4. The zero-order valence-electron chi connectivity index (χ0n) is 10.8. The maximum Gasteiger partial charge on any atom is 0.225 e. The van der Waals surface area contributed by atoms with Crippen molar-refractivity contribution in [2.75, 3.05) is 11.9 Å². The average molecular weight is 322 g/mol. The number of anilines is 1. The van der Waals surface area contributed by atoms with Crippen LogP contribution in [0.4, 0.5) is 5.95 Å². The van der Waals surface area contributed by atoms with Crippen molar-refractivity contribution < 1.29 is 4.74 Å². The van der Waals surface area contributed by atoms with Crippen molar-refractivity contribution in [3.63, 3.8) is 0 Å². The van der Waals surface area contributed by atoms with Crippen molar-refractivity contribution >= 4 is 21.9 Å². The van der Waals surface area contributed by atoms with Gasteiger partial charge in [0.15, 0.2) is 0 Å². The van der Waals surface area contributed by atoms with Gasteiger partial charge in [-0.15, -0.1) is 0 Å². The Kier molecular flexibility index (Phi) is 5.15. The molecular weight excluding hydrogens is 306 g/mol. The van der Waals surface area contributed by atoms with E-state index >= 15 is 0 Å².